The number of ether oxygens (including phenoxy) is 1. The highest BCUT2D eigenvalue weighted by atomic mass is 35.5. The molecule has 132 valence electrons. The van der Waals surface area contributed by atoms with Crippen LogP contribution in [0.15, 0.2) is 46.2 Å². The second kappa shape index (κ2) is 7.08. The van der Waals surface area contributed by atoms with Gasteiger partial charge in [-0.15, -0.1) is 0 Å². The van der Waals surface area contributed by atoms with E-state index in [0.717, 1.165) is 59.3 Å². The molecule has 4 nitrogen and oxygen atoms in total. The van der Waals surface area contributed by atoms with Crippen LogP contribution in [-0.4, -0.2) is 42.4 Å². The van der Waals surface area contributed by atoms with E-state index in [-0.39, 0.29) is 6.04 Å². The van der Waals surface area contributed by atoms with Gasteiger partial charge < -0.3 is 10.1 Å². The van der Waals surface area contributed by atoms with E-state index in [1.54, 1.807) is 7.11 Å². The van der Waals surface area contributed by atoms with Crippen LogP contribution in [0.3, 0.4) is 0 Å². The summed E-state index contributed by atoms with van der Waals surface area (Å²) in [5.74, 6) is 0.739. The van der Waals surface area contributed by atoms with Crippen LogP contribution in [0.5, 0.6) is 5.75 Å². The zero-order chi connectivity index (χ0) is 17.4. The van der Waals surface area contributed by atoms with Gasteiger partial charge in [0.25, 0.3) is 0 Å². The van der Waals surface area contributed by atoms with Crippen molar-refractivity contribution in [3.63, 3.8) is 0 Å². The van der Waals surface area contributed by atoms with Crippen molar-refractivity contribution in [3.8, 4) is 5.75 Å². The van der Waals surface area contributed by atoms with Gasteiger partial charge in [-0.3, -0.25) is 4.90 Å². The summed E-state index contributed by atoms with van der Waals surface area (Å²) in [7, 11) is 0.404. The molecule has 0 unspecified atom stereocenters. The maximum Gasteiger partial charge on any atom is 0.120 e. The average molecular weight is 377 g/mol. The average Bonchev–Trinajstić information content (AvgIpc) is 2.77. The number of nitrogens with one attached hydrogen (secondary N) is 1. The van der Waals surface area contributed by atoms with Crippen molar-refractivity contribution in [3.05, 3.63) is 52.5 Å². The molecule has 0 spiro atoms. The van der Waals surface area contributed by atoms with Gasteiger partial charge in [-0.25, -0.2) is 4.21 Å². The lowest BCUT2D eigenvalue weighted by Gasteiger charge is -2.35. The molecule has 2 heterocycles. The molecule has 1 fully saturated rings. The minimum atomic E-state index is -1.23. The largest absolute Gasteiger partial charge is 0.497 e. The number of rotatable bonds is 2. The second-order valence-corrected chi connectivity index (χ2v) is 8.28. The van der Waals surface area contributed by atoms with Crippen LogP contribution in [-0.2, 0) is 17.2 Å². The molecule has 1 N–H and O–H groups in total. The Morgan fingerprint density at radius 1 is 1.16 bits per heavy atom. The molecular weight excluding hydrogens is 356 g/mol. The van der Waals surface area contributed by atoms with Crippen molar-refractivity contribution in [1.29, 1.82) is 0 Å². The van der Waals surface area contributed by atoms with Gasteiger partial charge in [-0.1, -0.05) is 17.7 Å². The predicted octanol–water partition coefficient (Wildman–Crippen LogP) is 3.02. The molecule has 0 amide bonds. The zero-order valence-electron chi connectivity index (χ0n) is 14.1. The summed E-state index contributed by atoms with van der Waals surface area (Å²) in [4.78, 5) is 4.18. The molecule has 0 aromatic heterocycles. The summed E-state index contributed by atoms with van der Waals surface area (Å²) < 4.78 is 18.7. The van der Waals surface area contributed by atoms with E-state index in [2.05, 4.69) is 16.3 Å². The van der Waals surface area contributed by atoms with Crippen molar-refractivity contribution in [2.75, 3.05) is 33.3 Å². The Hall–Kier alpha value is -1.40. The maximum absolute atomic E-state index is 13.3. The first-order chi connectivity index (χ1) is 12.2. The molecule has 0 saturated carbocycles. The minimum Gasteiger partial charge on any atom is -0.497 e. The molecule has 2 atom stereocenters. The summed E-state index contributed by atoms with van der Waals surface area (Å²) in [5.41, 5.74) is 2.21. The van der Waals surface area contributed by atoms with Crippen LogP contribution in [0.25, 0.3) is 0 Å². The van der Waals surface area contributed by atoms with Gasteiger partial charge in [0.05, 0.1) is 22.8 Å². The molecule has 25 heavy (non-hydrogen) atoms. The topological polar surface area (TPSA) is 41.6 Å². The molecule has 2 aromatic carbocycles. The van der Waals surface area contributed by atoms with Gasteiger partial charge in [0, 0.05) is 42.1 Å². The summed E-state index contributed by atoms with van der Waals surface area (Å²) >= 11 is 6.29. The van der Waals surface area contributed by atoms with E-state index in [1.807, 2.05) is 30.3 Å². The lowest BCUT2D eigenvalue weighted by atomic mass is 9.96. The molecule has 6 heteroatoms. The summed E-state index contributed by atoms with van der Waals surface area (Å²) in [6, 6.07) is 11.8. The van der Waals surface area contributed by atoms with Crippen molar-refractivity contribution in [2.45, 2.75) is 22.3 Å². The minimum absolute atomic E-state index is 0.189. The predicted molar refractivity (Wildman–Crippen MR) is 100 cm³/mol. The number of benzene rings is 2. The van der Waals surface area contributed by atoms with E-state index < -0.39 is 10.8 Å². The van der Waals surface area contributed by atoms with Crippen LogP contribution >= 0.6 is 11.6 Å². The molecule has 0 aliphatic carbocycles. The Kier molecular flexibility index (Phi) is 4.82. The standard InChI is InChI=1S/C19H21ClN2O2S/c1-24-15-4-2-13-10-17(22-8-6-21-7-9-22)16-11-14(20)3-5-18(16)25(23)19(13)12-15/h2-5,11-12,17,21H,6-10H2,1H3/t17-,25-/m1/s1. The van der Waals surface area contributed by atoms with Crippen molar-refractivity contribution >= 4 is 22.4 Å². The van der Waals surface area contributed by atoms with Gasteiger partial charge >= 0.3 is 0 Å². The highest BCUT2D eigenvalue weighted by molar-refractivity contribution is 7.85. The van der Waals surface area contributed by atoms with E-state index in [0.29, 0.717) is 5.02 Å². The number of methoxy groups -OCH3 is 1. The first-order valence-corrected chi connectivity index (χ1v) is 10.0. The SMILES string of the molecule is COc1ccc2c(c1)[S@](=O)c1ccc(Cl)cc1[C@H](N1CCNCC1)C2. The summed E-state index contributed by atoms with van der Waals surface area (Å²) in [6.07, 6.45) is 0.832. The monoisotopic (exact) mass is 376 g/mol. The van der Waals surface area contributed by atoms with E-state index in [9.17, 15) is 4.21 Å². The number of piperazine rings is 1. The molecular formula is C19H21ClN2O2S. The Morgan fingerprint density at radius 3 is 2.72 bits per heavy atom. The molecule has 0 bridgehead atoms. The first-order valence-electron chi connectivity index (χ1n) is 8.50. The van der Waals surface area contributed by atoms with Crippen molar-refractivity contribution < 1.29 is 8.95 Å². The maximum atomic E-state index is 13.3. The zero-order valence-corrected chi connectivity index (χ0v) is 15.7. The van der Waals surface area contributed by atoms with Gasteiger partial charge in [0.15, 0.2) is 0 Å². The van der Waals surface area contributed by atoms with Gasteiger partial charge in [0.1, 0.15) is 5.75 Å². The Balaban J connectivity index is 1.86. The third-order valence-corrected chi connectivity index (χ3v) is 6.80. The van der Waals surface area contributed by atoms with Crippen molar-refractivity contribution in [2.24, 2.45) is 0 Å². The lowest BCUT2D eigenvalue weighted by molar-refractivity contribution is 0.170. The van der Waals surface area contributed by atoms with Gasteiger partial charge in [-0.2, -0.15) is 0 Å². The van der Waals surface area contributed by atoms with Crippen molar-refractivity contribution in [1.82, 2.24) is 10.2 Å². The van der Waals surface area contributed by atoms with Gasteiger partial charge in [-0.05, 0) is 47.9 Å². The third-order valence-electron chi connectivity index (χ3n) is 5.01. The van der Waals surface area contributed by atoms with Crippen LogP contribution < -0.4 is 10.1 Å². The fraction of sp³-hybridized carbons (Fsp3) is 0.368. The fourth-order valence-corrected chi connectivity index (χ4v) is 5.34. The number of fused-ring (bicyclic) bond motifs is 2. The first kappa shape index (κ1) is 17.0. The number of hydrogen-bond donors (Lipinski definition) is 1. The smallest absolute Gasteiger partial charge is 0.120 e. The Bertz CT molecular complexity index is 821. The summed E-state index contributed by atoms with van der Waals surface area (Å²) in [5, 5.41) is 4.10. The number of halogens is 1. The fourth-order valence-electron chi connectivity index (χ4n) is 3.71. The molecule has 0 radical (unpaired) electrons. The molecule has 2 aromatic rings. The normalized spacial score (nSPS) is 23.4. The highest BCUT2D eigenvalue weighted by Gasteiger charge is 2.31. The Labute approximate surface area is 155 Å². The van der Waals surface area contributed by atoms with Crippen LogP contribution in [0.2, 0.25) is 5.02 Å². The Morgan fingerprint density at radius 2 is 1.96 bits per heavy atom. The van der Waals surface area contributed by atoms with Crippen LogP contribution in [0.4, 0.5) is 0 Å². The van der Waals surface area contributed by atoms with E-state index in [4.69, 9.17) is 16.3 Å². The number of hydrogen-bond acceptors (Lipinski definition) is 4. The highest BCUT2D eigenvalue weighted by Crippen LogP contribution is 2.39. The molecule has 1 saturated heterocycles. The summed E-state index contributed by atoms with van der Waals surface area (Å²) in [6.45, 7) is 3.92. The molecule has 2 aliphatic rings. The molecule has 4 rings (SSSR count). The molecule has 2 aliphatic heterocycles. The lowest BCUT2D eigenvalue weighted by Crippen LogP contribution is -2.45. The quantitative estimate of drug-likeness (QED) is 0.874. The van der Waals surface area contributed by atoms with E-state index >= 15 is 0 Å². The van der Waals surface area contributed by atoms with E-state index in [1.165, 1.54) is 0 Å². The second-order valence-electron chi connectivity index (χ2n) is 6.43. The third kappa shape index (κ3) is 3.22. The van der Waals surface area contributed by atoms with Gasteiger partial charge in [0.2, 0.25) is 0 Å². The van der Waals surface area contributed by atoms with Crippen LogP contribution in [0.1, 0.15) is 17.2 Å². The van der Waals surface area contributed by atoms with Crippen LogP contribution in [0, 0.1) is 0 Å². The number of nitrogens with zero attached hydrogens (tertiary/aromatic N) is 1.